The quantitative estimate of drug-likeness (QED) is 0.557. The summed E-state index contributed by atoms with van der Waals surface area (Å²) in [6, 6.07) is -0.533. The molecule has 1 heterocycles. The molecule has 2 atom stereocenters. The summed E-state index contributed by atoms with van der Waals surface area (Å²) in [6.45, 7) is 0.766. The monoisotopic (exact) mass is 187 g/mol. The summed E-state index contributed by atoms with van der Waals surface area (Å²) < 4.78 is 0. The number of β-amino-alcohol motifs (C(OH)–C–C–N with tert-alkyl or cyclic N) is 1. The highest BCUT2D eigenvalue weighted by Gasteiger charge is 2.31. The van der Waals surface area contributed by atoms with Gasteiger partial charge in [0.25, 0.3) is 0 Å². The number of rotatable bonds is 4. The number of carbonyl (C=O) groups is 2. The van der Waals surface area contributed by atoms with Gasteiger partial charge in [0.05, 0.1) is 0 Å². The molecule has 0 spiro atoms. The van der Waals surface area contributed by atoms with Gasteiger partial charge in [-0.25, -0.2) is 0 Å². The standard InChI is InChI=1S/C8H13NO4/c10-5-6(11)4-9-3-1-2-7(9)8(12)13/h5-7,11H,1-4H2,(H,12,13)/t6-,7-/m0/s1. The van der Waals surface area contributed by atoms with Crippen LogP contribution in [-0.2, 0) is 9.59 Å². The van der Waals surface area contributed by atoms with Crippen LogP contribution in [0.4, 0.5) is 0 Å². The molecule has 0 bridgehead atoms. The van der Waals surface area contributed by atoms with E-state index in [1.165, 1.54) is 0 Å². The van der Waals surface area contributed by atoms with Crippen LogP contribution in [0.15, 0.2) is 0 Å². The lowest BCUT2D eigenvalue weighted by Crippen LogP contribution is -2.41. The van der Waals surface area contributed by atoms with E-state index in [9.17, 15) is 9.59 Å². The zero-order valence-electron chi connectivity index (χ0n) is 7.22. The number of likely N-dealkylation sites (tertiary alicyclic amines) is 1. The van der Waals surface area contributed by atoms with Gasteiger partial charge in [-0.15, -0.1) is 0 Å². The fourth-order valence-electron chi connectivity index (χ4n) is 1.61. The van der Waals surface area contributed by atoms with E-state index in [1.54, 1.807) is 4.90 Å². The van der Waals surface area contributed by atoms with Gasteiger partial charge in [0.1, 0.15) is 18.4 Å². The van der Waals surface area contributed by atoms with E-state index in [2.05, 4.69) is 0 Å². The molecule has 1 fully saturated rings. The molecule has 5 heteroatoms. The van der Waals surface area contributed by atoms with Gasteiger partial charge in [0, 0.05) is 6.54 Å². The highest BCUT2D eigenvalue weighted by molar-refractivity contribution is 5.73. The second-order valence-corrected chi connectivity index (χ2v) is 3.19. The van der Waals surface area contributed by atoms with Crippen LogP contribution in [0.25, 0.3) is 0 Å². The van der Waals surface area contributed by atoms with E-state index in [0.717, 1.165) is 6.42 Å². The third-order valence-electron chi connectivity index (χ3n) is 2.23. The molecule has 5 nitrogen and oxygen atoms in total. The van der Waals surface area contributed by atoms with Crippen molar-refractivity contribution in [1.29, 1.82) is 0 Å². The van der Waals surface area contributed by atoms with Gasteiger partial charge >= 0.3 is 5.97 Å². The molecule has 0 saturated carbocycles. The molecule has 1 saturated heterocycles. The van der Waals surface area contributed by atoms with Crippen molar-refractivity contribution in [1.82, 2.24) is 4.90 Å². The van der Waals surface area contributed by atoms with Crippen molar-refractivity contribution >= 4 is 12.3 Å². The summed E-state index contributed by atoms with van der Waals surface area (Å²) >= 11 is 0. The lowest BCUT2D eigenvalue weighted by Gasteiger charge is -2.21. The molecular formula is C8H13NO4. The first-order valence-corrected chi connectivity index (χ1v) is 4.25. The van der Waals surface area contributed by atoms with Crippen molar-refractivity contribution in [2.45, 2.75) is 25.0 Å². The number of aliphatic hydroxyl groups excluding tert-OH is 1. The summed E-state index contributed by atoms with van der Waals surface area (Å²) in [4.78, 5) is 22.4. The Hall–Kier alpha value is -0.940. The molecule has 1 rings (SSSR count). The molecule has 2 N–H and O–H groups in total. The summed E-state index contributed by atoms with van der Waals surface area (Å²) in [5, 5.41) is 17.8. The van der Waals surface area contributed by atoms with E-state index in [0.29, 0.717) is 19.3 Å². The average molecular weight is 187 g/mol. The molecule has 0 aromatic carbocycles. The number of aldehydes is 1. The van der Waals surface area contributed by atoms with Crippen molar-refractivity contribution in [3.05, 3.63) is 0 Å². The Kier molecular flexibility index (Phi) is 3.39. The largest absolute Gasteiger partial charge is 0.480 e. The fraction of sp³-hybridized carbons (Fsp3) is 0.750. The SMILES string of the molecule is O=C[C@@H](O)CN1CCC[C@H]1C(=O)O. The van der Waals surface area contributed by atoms with Crippen LogP contribution < -0.4 is 0 Å². The summed E-state index contributed by atoms with van der Waals surface area (Å²) in [5.74, 6) is -0.879. The third kappa shape index (κ3) is 2.50. The lowest BCUT2D eigenvalue weighted by molar-refractivity contribution is -0.142. The Morgan fingerprint density at radius 3 is 2.92 bits per heavy atom. The Morgan fingerprint density at radius 1 is 1.69 bits per heavy atom. The predicted octanol–water partition coefficient (Wildman–Crippen LogP) is -0.905. The van der Waals surface area contributed by atoms with Crippen molar-refractivity contribution < 1.29 is 19.8 Å². The molecule has 0 unspecified atom stereocenters. The number of nitrogens with zero attached hydrogens (tertiary/aromatic N) is 1. The maximum absolute atomic E-state index is 10.7. The minimum atomic E-state index is -1.07. The summed E-state index contributed by atoms with van der Waals surface area (Å²) in [7, 11) is 0. The molecule has 0 aromatic heterocycles. The first-order chi connectivity index (χ1) is 6.15. The van der Waals surface area contributed by atoms with Crippen LogP contribution in [-0.4, -0.2) is 52.6 Å². The second-order valence-electron chi connectivity index (χ2n) is 3.19. The Morgan fingerprint density at radius 2 is 2.38 bits per heavy atom. The zero-order valence-corrected chi connectivity index (χ0v) is 7.22. The van der Waals surface area contributed by atoms with Gasteiger partial charge in [-0.3, -0.25) is 9.69 Å². The van der Waals surface area contributed by atoms with E-state index < -0.39 is 18.1 Å². The number of hydrogen-bond acceptors (Lipinski definition) is 4. The van der Waals surface area contributed by atoms with E-state index in [-0.39, 0.29) is 6.54 Å². The maximum Gasteiger partial charge on any atom is 0.320 e. The second kappa shape index (κ2) is 4.34. The first-order valence-electron chi connectivity index (χ1n) is 4.25. The van der Waals surface area contributed by atoms with Crippen molar-refractivity contribution in [2.75, 3.05) is 13.1 Å². The van der Waals surface area contributed by atoms with Crippen molar-refractivity contribution in [3.8, 4) is 0 Å². The molecular weight excluding hydrogens is 174 g/mol. The molecule has 0 aliphatic carbocycles. The molecule has 0 amide bonds. The average Bonchev–Trinajstić information content (AvgIpc) is 2.52. The van der Waals surface area contributed by atoms with E-state index in [1.807, 2.05) is 0 Å². The van der Waals surface area contributed by atoms with Crippen LogP contribution in [0, 0.1) is 0 Å². The molecule has 13 heavy (non-hydrogen) atoms. The summed E-state index contributed by atoms with van der Waals surface area (Å²) in [6.07, 6.45) is 0.765. The number of hydrogen-bond donors (Lipinski definition) is 2. The Labute approximate surface area is 76.0 Å². The van der Waals surface area contributed by atoms with Gasteiger partial charge in [-0.05, 0) is 19.4 Å². The molecule has 0 radical (unpaired) electrons. The zero-order chi connectivity index (χ0) is 9.84. The number of carboxylic acids is 1. The minimum absolute atomic E-state index is 0.125. The summed E-state index contributed by atoms with van der Waals surface area (Å²) in [5.41, 5.74) is 0. The fourth-order valence-corrected chi connectivity index (χ4v) is 1.61. The van der Waals surface area contributed by atoms with E-state index in [4.69, 9.17) is 10.2 Å². The van der Waals surface area contributed by atoms with Gasteiger partial charge in [0.15, 0.2) is 0 Å². The minimum Gasteiger partial charge on any atom is -0.480 e. The Bertz CT molecular complexity index is 206. The van der Waals surface area contributed by atoms with Crippen molar-refractivity contribution in [3.63, 3.8) is 0 Å². The van der Waals surface area contributed by atoms with E-state index >= 15 is 0 Å². The predicted molar refractivity (Wildman–Crippen MR) is 44.3 cm³/mol. The normalized spacial score (nSPS) is 25.8. The number of aliphatic hydroxyl groups is 1. The topological polar surface area (TPSA) is 77.8 Å². The number of carboxylic acid groups (broad SMARTS) is 1. The lowest BCUT2D eigenvalue weighted by atomic mass is 10.2. The number of carbonyl (C=O) groups excluding carboxylic acids is 1. The number of aliphatic carboxylic acids is 1. The highest BCUT2D eigenvalue weighted by Crippen LogP contribution is 2.16. The van der Waals surface area contributed by atoms with Crippen LogP contribution in [0.1, 0.15) is 12.8 Å². The maximum atomic E-state index is 10.7. The van der Waals surface area contributed by atoms with Crippen LogP contribution in [0.5, 0.6) is 0 Å². The van der Waals surface area contributed by atoms with Crippen LogP contribution >= 0.6 is 0 Å². The first kappa shape index (κ1) is 10.1. The highest BCUT2D eigenvalue weighted by atomic mass is 16.4. The Balaban J connectivity index is 2.48. The molecule has 1 aliphatic rings. The molecule has 1 aliphatic heterocycles. The third-order valence-corrected chi connectivity index (χ3v) is 2.23. The van der Waals surface area contributed by atoms with Gasteiger partial charge in [0.2, 0.25) is 0 Å². The molecule has 0 aromatic rings. The molecule has 74 valence electrons. The van der Waals surface area contributed by atoms with Gasteiger partial charge in [-0.1, -0.05) is 0 Å². The van der Waals surface area contributed by atoms with Gasteiger partial charge in [-0.2, -0.15) is 0 Å². The van der Waals surface area contributed by atoms with Crippen molar-refractivity contribution in [2.24, 2.45) is 0 Å². The smallest absolute Gasteiger partial charge is 0.320 e. The van der Waals surface area contributed by atoms with Crippen LogP contribution in [0.2, 0.25) is 0 Å². The van der Waals surface area contributed by atoms with Gasteiger partial charge < -0.3 is 15.0 Å². The van der Waals surface area contributed by atoms with Crippen LogP contribution in [0.3, 0.4) is 0 Å².